The predicted molar refractivity (Wildman–Crippen MR) is 100 cm³/mol. The summed E-state index contributed by atoms with van der Waals surface area (Å²) in [5.41, 5.74) is 0.739. The van der Waals surface area contributed by atoms with Crippen molar-refractivity contribution in [1.82, 2.24) is 0 Å². The number of esters is 1. The topological polar surface area (TPSA) is 63.6 Å². The van der Waals surface area contributed by atoms with Crippen LogP contribution in [0.3, 0.4) is 0 Å². The van der Waals surface area contributed by atoms with Gasteiger partial charge in [0.1, 0.15) is 0 Å². The Bertz CT molecular complexity index is 686. The van der Waals surface area contributed by atoms with Gasteiger partial charge >= 0.3 is 5.97 Å². The van der Waals surface area contributed by atoms with Crippen molar-refractivity contribution in [2.45, 2.75) is 72.5 Å². The number of Topliss-reactive ketones (excluding diaryl/α,β-unsaturated/α-hetero) is 1. The van der Waals surface area contributed by atoms with Crippen LogP contribution in [0.25, 0.3) is 0 Å². The fraction of sp³-hybridized carbons (Fsp3) is 0.727. The van der Waals surface area contributed by atoms with Gasteiger partial charge in [0.15, 0.2) is 5.60 Å². The summed E-state index contributed by atoms with van der Waals surface area (Å²) in [6.07, 6.45) is 5.79. The molecule has 0 bridgehead atoms. The summed E-state index contributed by atoms with van der Waals surface area (Å²) in [6.45, 7) is 11.7. The lowest BCUT2D eigenvalue weighted by Crippen LogP contribution is -2.48. The van der Waals surface area contributed by atoms with Crippen molar-refractivity contribution in [1.29, 1.82) is 0 Å². The van der Waals surface area contributed by atoms with E-state index in [0.717, 1.165) is 18.4 Å². The summed E-state index contributed by atoms with van der Waals surface area (Å²) in [4.78, 5) is 25.4. The Labute approximate surface area is 156 Å². The van der Waals surface area contributed by atoms with Gasteiger partial charge in [-0.05, 0) is 55.4 Å². The second-order valence-electron chi connectivity index (χ2n) is 9.37. The Morgan fingerprint density at radius 1 is 1.23 bits per heavy atom. The number of aliphatic hydroxyl groups excluding tert-OH is 1. The van der Waals surface area contributed by atoms with Gasteiger partial charge in [0.25, 0.3) is 0 Å². The summed E-state index contributed by atoms with van der Waals surface area (Å²) in [5, 5.41) is 10.8. The molecule has 2 fully saturated rings. The van der Waals surface area contributed by atoms with Gasteiger partial charge in [-0.1, -0.05) is 38.5 Å². The van der Waals surface area contributed by atoms with E-state index in [9.17, 15) is 14.7 Å². The molecule has 144 valence electrons. The van der Waals surface area contributed by atoms with Crippen LogP contribution in [0.1, 0.15) is 60.8 Å². The lowest BCUT2D eigenvalue weighted by atomic mass is 9.81. The number of carbonyl (C=O) groups is 2. The molecule has 0 radical (unpaired) electrons. The van der Waals surface area contributed by atoms with Gasteiger partial charge in [0, 0.05) is 13.3 Å². The minimum atomic E-state index is -1.29. The third-order valence-electron chi connectivity index (χ3n) is 7.07. The van der Waals surface area contributed by atoms with Gasteiger partial charge in [-0.3, -0.25) is 9.59 Å². The normalized spacial score (nSPS) is 46.0. The molecule has 4 heteroatoms. The molecule has 6 atom stereocenters. The average Bonchev–Trinajstić information content (AvgIpc) is 2.96. The molecule has 3 aliphatic rings. The summed E-state index contributed by atoms with van der Waals surface area (Å²) >= 11 is 0. The molecular weight excluding hydrogens is 328 g/mol. The molecule has 1 N–H and O–H groups in total. The molecule has 0 unspecified atom stereocenters. The molecule has 4 nitrogen and oxygen atoms in total. The van der Waals surface area contributed by atoms with Crippen molar-refractivity contribution in [2.24, 2.45) is 29.1 Å². The molecule has 0 spiro atoms. The van der Waals surface area contributed by atoms with E-state index < -0.39 is 23.6 Å². The number of allylic oxidation sites excluding steroid dienone is 2. The number of ketones is 1. The standard InChI is InChI=1S/C22H32O4/c1-12-7-8-16-17(21(16,5)6)10-13(2)20(25)22(26-15(4)23)11-14(3)19(24)18(22)9-12/h9-10,14,16-19,24H,7-8,11H2,1-6H3/b12-9+,13-10+/t14-,16-,17+,18-,19-,22+/m0/s1. The van der Waals surface area contributed by atoms with Crippen molar-refractivity contribution < 1.29 is 19.4 Å². The highest BCUT2D eigenvalue weighted by atomic mass is 16.6. The van der Waals surface area contributed by atoms with Crippen molar-refractivity contribution in [3.63, 3.8) is 0 Å². The third kappa shape index (κ3) is 2.96. The Balaban J connectivity index is 2.11. The van der Waals surface area contributed by atoms with Crippen LogP contribution in [0.15, 0.2) is 23.3 Å². The van der Waals surface area contributed by atoms with E-state index in [1.54, 1.807) is 0 Å². The Morgan fingerprint density at radius 2 is 1.88 bits per heavy atom. The second kappa shape index (κ2) is 6.33. The van der Waals surface area contributed by atoms with Gasteiger partial charge < -0.3 is 9.84 Å². The van der Waals surface area contributed by atoms with E-state index >= 15 is 0 Å². The van der Waals surface area contributed by atoms with Crippen LogP contribution in [0.4, 0.5) is 0 Å². The molecule has 3 aliphatic carbocycles. The van der Waals surface area contributed by atoms with Gasteiger partial charge in [-0.2, -0.15) is 0 Å². The zero-order valence-electron chi connectivity index (χ0n) is 16.8. The zero-order valence-corrected chi connectivity index (χ0v) is 16.8. The number of hydrogen-bond donors (Lipinski definition) is 1. The van der Waals surface area contributed by atoms with Crippen molar-refractivity contribution in [3.05, 3.63) is 23.3 Å². The highest BCUT2D eigenvalue weighted by Gasteiger charge is 2.60. The van der Waals surface area contributed by atoms with E-state index in [0.29, 0.717) is 23.8 Å². The van der Waals surface area contributed by atoms with Crippen molar-refractivity contribution >= 4 is 11.8 Å². The van der Waals surface area contributed by atoms with Crippen molar-refractivity contribution in [2.75, 3.05) is 0 Å². The van der Waals surface area contributed by atoms with E-state index in [1.165, 1.54) is 6.92 Å². The predicted octanol–water partition coefficient (Wildman–Crippen LogP) is 3.83. The minimum absolute atomic E-state index is 0.104. The average molecular weight is 360 g/mol. The van der Waals surface area contributed by atoms with E-state index in [2.05, 4.69) is 26.8 Å². The number of aliphatic hydroxyl groups is 1. The van der Waals surface area contributed by atoms with E-state index in [4.69, 9.17) is 4.74 Å². The lowest BCUT2D eigenvalue weighted by molar-refractivity contribution is -0.167. The van der Waals surface area contributed by atoms with Crippen LogP contribution in [0.2, 0.25) is 0 Å². The number of fused-ring (bicyclic) bond motifs is 2. The maximum atomic E-state index is 13.5. The number of carbonyl (C=O) groups excluding carboxylic acids is 2. The lowest BCUT2D eigenvalue weighted by Gasteiger charge is -2.33. The first-order valence-electron chi connectivity index (χ1n) is 9.79. The Kier molecular flexibility index (Phi) is 4.71. The molecule has 0 saturated heterocycles. The second-order valence-corrected chi connectivity index (χ2v) is 9.37. The molecular formula is C22H32O4. The molecule has 0 aromatic rings. The number of rotatable bonds is 1. The molecule has 0 aromatic carbocycles. The van der Waals surface area contributed by atoms with E-state index in [1.807, 2.05) is 19.9 Å². The molecule has 0 amide bonds. The van der Waals surface area contributed by atoms with E-state index in [-0.39, 0.29) is 17.1 Å². The maximum absolute atomic E-state index is 13.5. The zero-order chi connectivity index (χ0) is 19.4. The number of ether oxygens (including phenoxy) is 1. The monoisotopic (exact) mass is 360 g/mol. The van der Waals surface area contributed by atoms with Gasteiger partial charge in [0.2, 0.25) is 5.78 Å². The smallest absolute Gasteiger partial charge is 0.303 e. The largest absolute Gasteiger partial charge is 0.450 e. The first-order chi connectivity index (χ1) is 12.0. The third-order valence-corrected chi connectivity index (χ3v) is 7.07. The molecule has 3 rings (SSSR count). The highest BCUT2D eigenvalue weighted by molar-refractivity contribution is 6.03. The van der Waals surface area contributed by atoms with Crippen LogP contribution < -0.4 is 0 Å². The SMILES string of the molecule is CC(=O)O[C@]12C[C@H](C)[C@H](O)[C@@H]1/C=C(\C)CC[C@H]1[C@@H](/C=C(\C)C2=O)C1(C)C. The summed E-state index contributed by atoms with van der Waals surface area (Å²) < 4.78 is 5.71. The van der Waals surface area contributed by atoms with Crippen LogP contribution >= 0.6 is 0 Å². The maximum Gasteiger partial charge on any atom is 0.303 e. The fourth-order valence-corrected chi connectivity index (χ4v) is 5.38. The molecule has 0 heterocycles. The molecule has 2 saturated carbocycles. The quantitative estimate of drug-likeness (QED) is 0.570. The molecule has 0 aromatic heterocycles. The molecule has 26 heavy (non-hydrogen) atoms. The number of hydrogen-bond acceptors (Lipinski definition) is 4. The molecule has 0 aliphatic heterocycles. The fourth-order valence-electron chi connectivity index (χ4n) is 5.38. The van der Waals surface area contributed by atoms with Crippen LogP contribution in [-0.2, 0) is 14.3 Å². The van der Waals surface area contributed by atoms with Crippen molar-refractivity contribution in [3.8, 4) is 0 Å². The van der Waals surface area contributed by atoms with Crippen LogP contribution in [0.5, 0.6) is 0 Å². The Hall–Kier alpha value is -1.42. The minimum Gasteiger partial charge on any atom is -0.450 e. The van der Waals surface area contributed by atoms with Crippen LogP contribution in [-0.4, -0.2) is 28.6 Å². The first-order valence-corrected chi connectivity index (χ1v) is 9.79. The summed E-state index contributed by atoms with van der Waals surface area (Å²) in [5.74, 6) is -0.251. The summed E-state index contributed by atoms with van der Waals surface area (Å²) in [6, 6.07) is 0. The Morgan fingerprint density at radius 3 is 2.50 bits per heavy atom. The van der Waals surface area contributed by atoms with Crippen LogP contribution in [0, 0.1) is 29.1 Å². The van der Waals surface area contributed by atoms with Gasteiger partial charge in [-0.25, -0.2) is 0 Å². The van der Waals surface area contributed by atoms with Gasteiger partial charge in [0.05, 0.1) is 12.0 Å². The first kappa shape index (κ1) is 19.3. The summed E-state index contributed by atoms with van der Waals surface area (Å²) in [7, 11) is 0. The van der Waals surface area contributed by atoms with Gasteiger partial charge in [-0.15, -0.1) is 0 Å². The highest BCUT2D eigenvalue weighted by Crippen LogP contribution is 2.62.